The highest BCUT2D eigenvalue weighted by Gasteiger charge is 2.21. The van der Waals surface area contributed by atoms with E-state index in [2.05, 4.69) is 21.2 Å². The minimum absolute atomic E-state index is 0.0441. The van der Waals surface area contributed by atoms with Crippen molar-refractivity contribution in [3.63, 3.8) is 0 Å². The van der Waals surface area contributed by atoms with Gasteiger partial charge >= 0.3 is 5.69 Å². The molecule has 1 aromatic rings. The molecule has 0 aromatic heterocycles. The average molecular weight is 359 g/mol. The van der Waals surface area contributed by atoms with Crippen molar-refractivity contribution in [1.82, 2.24) is 5.32 Å². The van der Waals surface area contributed by atoms with Gasteiger partial charge in [-0.15, -0.1) is 0 Å². The molecule has 1 N–H and O–H groups in total. The van der Waals surface area contributed by atoms with Crippen LogP contribution < -0.4 is 10.1 Å². The highest BCUT2D eigenvalue weighted by molar-refractivity contribution is 9.09. The van der Waals surface area contributed by atoms with E-state index in [1.165, 1.54) is 25.3 Å². The highest BCUT2D eigenvalue weighted by atomic mass is 79.9. The maximum absolute atomic E-state index is 12.1. The van der Waals surface area contributed by atoms with E-state index in [4.69, 9.17) is 4.74 Å². The standard InChI is InChI=1S/C14H19BrN2O4/c1-14(2,6-7-15)9-16-13(18)10-4-5-12(21-3)11(8-10)17(19)20/h4-5,8H,6-7,9H2,1-3H3,(H,16,18). The van der Waals surface area contributed by atoms with Crippen LogP contribution in [0.25, 0.3) is 0 Å². The summed E-state index contributed by atoms with van der Waals surface area (Å²) in [5, 5.41) is 14.6. The number of nitro benzene ring substituents is 1. The van der Waals surface area contributed by atoms with E-state index in [0.717, 1.165) is 11.8 Å². The van der Waals surface area contributed by atoms with Crippen LogP contribution in [0.1, 0.15) is 30.6 Å². The first-order chi connectivity index (χ1) is 9.80. The van der Waals surface area contributed by atoms with Crippen molar-refractivity contribution >= 4 is 27.5 Å². The van der Waals surface area contributed by atoms with Gasteiger partial charge in [0.2, 0.25) is 0 Å². The lowest BCUT2D eigenvalue weighted by molar-refractivity contribution is -0.385. The van der Waals surface area contributed by atoms with Crippen LogP contribution in [0, 0.1) is 15.5 Å². The molecular formula is C14H19BrN2O4. The molecule has 1 amide bonds. The van der Waals surface area contributed by atoms with Gasteiger partial charge in [-0.05, 0) is 24.0 Å². The second-order valence-corrected chi connectivity index (χ2v) is 6.22. The Kier molecular flexibility index (Phi) is 6.14. The first-order valence-corrected chi connectivity index (χ1v) is 7.59. The van der Waals surface area contributed by atoms with Gasteiger partial charge in [0.1, 0.15) is 0 Å². The number of ether oxygens (including phenoxy) is 1. The van der Waals surface area contributed by atoms with Gasteiger partial charge < -0.3 is 10.1 Å². The molecule has 0 atom stereocenters. The zero-order chi connectivity index (χ0) is 16.0. The number of nitrogens with zero attached hydrogens (tertiary/aromatic N) is 1. The SMILES string of the molecule is COc1ccc(C(=O)NCC(C)(C)CCBr)cc1[N+](=O)[O-]. The number of carbonyl (C=O) groups is 1. The Hall–Kier alpha value is -1.63. The maximum Gasteiger partial charge on any atom is 0.311 e. The van der Waals surface area contributed by atoms with Crippen LogP contribution in [-0.2, 0) is 0 Å². The summed E-state index contributed by atoms with van der Waals surface area (Å²) >= 11 is 3.38. The fourth-order valence-corrected chi connectivity index (χ4v) is 2.81. The van der Waals surface area contributed by atoms with Gasteiger partial charge in [-0.25, -0.2) is 0 Å². The van der Waals surface area contributed by atoms with Gasteiger partial charge in [0.15, 0.2) is 5.75 Å². The molecule has 0 aliphatic heterocycles. The molecule has 116 valence electrons. The molecule has 21 heavy (non-hydrogen) atoms. The number of nitro groups is 1. The molecule has 0 radical (unpaired) electrons. The van der Waals surface area contributed by atoms with Crippen molar-refractivity contribution in [1.29, 1.82) is 0 Å². The van der Waals surface area contributed by atoms with Crippen molar-refractivity contribution in [3.05, 3.63) is 33.9 Å². The van der Waals surface area contributed by atoms with Gasteiger partial charge in [-0.3, -0.25) is 14.9 Å². The fourth-order valence-electron chi connectivity index (χ4n) is 1.74. The lowest BCUT2D eigenvalue weighted by atomic mass is 9.90. The molecule has 1 aromatic carbocycles. The normalized spacial score (nSPS) is 11.0. The molecule has 0 bridgehead atoms. The van der Waals surface area contributed by atoms with Crippen LogP contribution in [-0.4, -0.2) is 29.8 Å². The average Bonchev–Trinajstić information content (AvgIpc) is 2.44. The molecule has 0 aliphatic rings. The fraction of sp³-hybridized carbons (Fsp3) is 0.500. The maximum atomic E-state index is 12.1. The van der Waals surface area contributed by atoms with Gasteiger partial charge in [0.25, 0.3) is 5.91 Å². The summed E-state index contributed by atoms with van der Waals surface area (Å²) in [6.45, 7) is 4.59. The van der Waals surface area contributed by atoms with E-state index in [1.807, 2.05) is 13.8 Å². The summed E-state index contributed by atoms with van der Waals surface area (Å²) in [6, 6.07) is 4.17. The Morgan fingerprint density at radius 3 is 2.67 bits per heavy atom. The second-order valence-electron chi connectivity index (χ2n) is 5.43. The number of amides is 1. The van der Waals surface area contributed by atoms with Crippen molar-refractivity contribution in [3.8, 4) is 5.75 Å². The number of alkyl halides is 1. The van der Waals surface area contributed by atoms with Crippen molar-refractivity contribution in [2.75, 3.05) is 19.0 Å². The van der Waals surface area contributed by atoms with E-state index in [9.17, 15) is 14.9 Å². The molecule has 0 aliphatic carbocycles. The highest BCUT2D eigenvalue weighted by Crippen LogP contribution is 2.27. The monoisotopic (exact) mass is 358 g/mol. The molecule has 0 spiro atoms. The van der Waals surface area contributed by atoms with Gasteiger partial charge in [0.05, 0.1) is 12.0 Å². The number of halogens is 1. The van der Waals surface area contributed by atoms with Gasteiger partial charge in [0, 0.05) is 23.5 Å². The number of carbonyl (C=O) groups excluding carboxylic acids is 1. The topological polar surface area (TPSA) is 81.5 Å². The molecule has 6 nitrogen and oxygen atoms in total. The van der Waals surface area contributed by atoms with Crippen LogP contribution >= 0.6 is 15.9 Å². The number of nitrogens with one attached hydrogen (secondary N) is 1. The Bertz CT molecular complexity index is 532. The number of methoxy groups -OCH3 is 1. The molecule has 0 fully saturated rings. The summed E-state index contributed by atoms with van der Waals surface area (Å²) in [7, 11) is 1.35. The predicted octanol–water partition coefficient (Wildman–Crippen LogP) is 3.14. The molecule has 0 heterocycles. The number of benzene rings is 1. The zero-order valence-electron chi connectivity index (χ0n) is 12.3. The molecule has 7 heteroatoms. The number of rotatable bonds is 7. The molecular weight excluding hydrogens is 340 g/mol. The lowest BCUT2D eigenvalue weighted by Crippen LogP contribution is -2.34. The Labute approximate surface area is 132 Å². The molecule has 0 unspecified atom stereocenters. The smallest absolute Gasteiger partial charge is 0.311 e. The molecule has 1 rings (SSSR count). The van der Waals surface area contributed by atoms with E-state index in [0.29, 0.717) is 6.54 Å². The Morgan fingerprint density at radius 1 is 1.48 bits per heavy atom. The van der Waals surface area contributed by atoms with Crippen molar-refractivity contribution in [2.45, 2.75) is 20.3 Å². The van der Waals surface area contributed by atoms with Crippen LogP contribution in [0.2, 0.25) is 0 Å². The first-order valence-electron chi connectivity index (χ1n) is 6.47. The van der Waals surface area contributed by atoms with Crippen LogP contribution in [0.4, 0.5) is 5.69 Å². The number of hydrogen-bond donors (Lipinski definition) is 1. The van der Waals surface area contributed by atoms with E-state index < -0.39 is 4.92 Å². The molecule has 0 saturated heterocycles. The van der Waals surface area contributed by atoms with Crippen molar-refractivity contribution < 1.29 is 14.5 Å². The second kappa shape index (κ2) is 7.40. The van der Waals surface area contributed by atoms with Crippen LogP contribution in [0.15, 0.2) is 18.2 Å². The first kappa shape index (κ1) is 17.4. The third kappa shape index (κ3) is 5.00. The molecule has 0 saturated carbocycles. The van der Waals surface area contributed by atoms with E-state index in [-0.39, 0.29) is 28.3 Å². The van der Waals surface area contributed by atoms with E-state index >= 15 is 0 Å². The van der Waals surface area contributed by atoms with Gasteiger partial charge in [-0.1, -0.05) is 29.8 Å². The minimum atomic E-state index is -0.565. The minimum Gasteiger partial charge on any atom is -0.490 e. The summed E-state index contributed by atoms with van der Waals surface area (Å²) in [6.07, 6.45) is 0.913. The Morgan fingerprint density at radius 2 is 2.14 bits per heavy atom. The summed E-state index contributed by atoms with van der Waals surface area (Å²) < 4.78 is 4.91. The lowest BCUT2D eigenvalue weighted by Gasteiger charge is -2.23. The third-order valence-electron chi connectivity index (χ3n) is 3.14. The quantitative estimate of drug-likeness (QED) is 0.461. The van der Waals surface area contributed by atoms with Crippen LogP contribution in [0.5, 0.6) is 5.75 Å². The largest absolute Gasteiger partial charge is 0.490 e. The number of hydrogen-bond acceptors (Lipinski definition) is 4. The van der Waals surface area contributed by atoms with E-state index in [1.54, 1.807) is 0 Å². The Balaban J connectivity index is 2.84. The van der Waals surface area contributed by atoms with Crippen LogP contribution in [0.3, 0.4) is 0 Å². The predicted molar refractivity (Wildman–Crippen MR) is 84.2 cm³/mol. The summed E-state index contributed by atoms with van der Waals surface area (Å²) in [5.74, 6) is -0.195. The zero-order valence-corrected chi connectivity index (χ0v) is 13.9. The third-order valence-corrected chi connectivity index (χ3v) is 3.53. The van der Waals surface area contributed by atoms with Crippen molar-refractivity contribution in [2.24, 2.45) is 5.41 Å². The summed E-state index contributed by atoms with van der Waals surface area (Å²) in [5.41, 5.74) is -0.0144. The van der Waals surface area contributed by atoms with Gasteiger partial charge in [-0.2, -0.15) is 0 Å². The summed E-state index contributed by atoms with van der Waals surface area (Å²) in [4.78, 5) is 22.5.